The van der Waals surface area contributed by atoms with E-state index < -0.39 is 0 Å². The summed E-state index contributed by atoms with van der Waals surface area (Å²) in [6, 6.07) is 13.2. The van der Waals surface area contributed by atoms with Gasteiger partial charge in [-0.2, -0.15) is 0 Å². The number of carbonyl (C=O) groups is 1. The molecule has 0 radical (unpaired) electrons. The minimum absolute atomic E-state index is 0.301. The molecule has 6 nitrogen and oxygen atoms in total. The smallest absolute Gasteiger partial charge is 0.257 e. The Hall–Kier alpha value is -2.93. The summed E-state index contributed by atoms with van der Waals surface area (Å²) in [4.78, 5) is 12.5. The van der Waals surface area contributed by atoms with E-state index in [4.69, 9.17) is 9.47 Å². The molecular formula is C20H21N3O3S. The van der Waals surface area contributed by atoms with Crippen molar-refractivity contribution in [1.29, 1.82) is 0 Å². The summed E-state index contributed by atoms with van der Waals surface area (Å²) in [5.41, 5.74) is 2.66. The molecule has 0 unspecified atom stereocenters. The van der Waals surface area contributed by atoms with Crippen molar-refractivity contribution >= 4 is 22.4 Å². The Morgan fingerprint density at radius 3 is 2.19 bits per heavy atom. The van der Waals surface area contributed by atoms with Crippen LogP contribution in [0.1, 0.15) is 35.7 Å². The number of nitrogens with zero attached hydrogens (tertiary/aromatic N) is 2. The van der Waals surface area contributed by atoms with E-state index in [-0.39, 0.29) is 5.91 Å². The number of nitrogens with one attached hydrogen (secondary N) is 1. The Labute approximate surface area is 162 Å². The van der Waals surface area contributed by atoms with Crippen molar-refractivity contribution in [1.82, 2.24) is 10.2 Å². The van der Waals surface area contributed by atoms with Crippen LogP contribution in [0.4, 0.5) is 5.13 Å². The maximum absolute atomic E-state index is 12.5. The van der Waals surface area contributed by atoms with Gasteiger partial charge in [0.25, 0.3) is 5.91 Å². The quantitative estimate of drug-likeness (QED) is 0.673. The number of hydrogen-bond acceptors (Lipinski definition) is 6. The van der Waals surface area contributed by atoms with E-state index in [0.29, 0.717) is 28.1 Å². The van der Waals surface area contributed by atoms with Crippen LogP contribution < -0.4 is 14.8 Å². The number of rotatable bonds is 6. The fourth-order valence-electron chi connectivity index (χ4n) is 2.51. The summed E-state index contributed by atoms with van der Waals surface area (Å²) in [5, 5.41) is 12.2. The van der Waals surface area contributed by atoms with Crippen molar-refractivity contribution in [2.75, 3.05) is 19.5 Å². The molecule has 3 rings (SSSR count). The highest BCUT2D eigenvalue weighted by Gasteiger charge is 2.14. The highest BCUT2D eigenvalue weighted by Crippen LogP contribution is 2.29. The molecule has 0 saturated heterocycles. The molecule has 0 spiro atoms. The first-order chi connectivity index (χ1) is 13.0. The molecule has 1 N–H and O–H groups in total. The first-order valence-electron chi connectivity index (χ1n) is 8.48. The number of benzene rings is 2. The normalized spacial score (nSPS) is 10.7. The molecule has 0 bridgehead atoms. The van der Waals surface area contributed by atoms with Crippen LogP contribution in [0.3, 0.4) is 0 Å². The van der Waals surface area contributed by atoms with Gasteiger partial charge in [-0.15, -0.1) is 10.2 Å². The van der Waals surface area contributed by atoms with Crippen LogP contribution >= 0.6 is 11.3 Å². The second kappa shape index (κ2) is 8.18. The number of carbonyl (C=O) groups excluding carboxylic acids is 1. The van der Waals surface area contributed by atoms with Crippen molar-refractivity contribution in [3.05, 3.63) is 53.6 Å². The standard InChI is InChI=1S/C20H21N3O3S/c1-12(2)13-5-7-14(8-6-13)19-22-23-20(27-19)21-18(24)15-9-16(25-3)11-17(10-15)26-4/h5-12H,1-4H3,(H,21,23,24). The number of anilines is 1. The molecule has 0 aliphatic carbocycles. The van der Waals surface area contributed by atoms with Gasteiger partial charge < -0.3 is 9.47 Å². The van der Waals surface area contributed by atoms with Gasteiger partial charge in [0, 0.05) is 17.2 Å². The van der Waals surface area contributed by atoms with Gasteiger partial charge in [0.05, 0.1) is 14.2 Å². The zero-order chi connectivity index (χ0) is 19.4. The minimum Gasteiger partial charge on any atom is -0.497 e. The molecule has 7 heteroatoms. The topological polar surface area (TPSA) is 73.3 Å². The summed E-state index contributed by atoms with van der Waals surface area (Å²) < 4.78 is 10.4. The van der Waals surface area contributed by atoms with Crippen molar-refractivity contribution < 1.29 is 14.3 Å². The summed E-state index contributed by atoms with van der Waals surface area (Å²) in [5.74, 6) is 1.26. The second-order valence-corrected chi connectivity index (χ2v) is 7.22. The minimum atomic E-state index is -0.301. The molecule has 0 aliphatic rings. The number of amides is 1. The Bertz CT molecular complexity index is 914. The van der Waals surface area contributed by atoms with E-state index in [2.05, 4.69) is 41.5 Å². The van der Waals surface area contributed by atoms with Crippen LogP contribution in [0.2, 0.25) is 0 Å². The molecule has 0 atom stereocenters. The molecule has 140 valence electrons. The maximum Gasteiger partial charge on any atom is 0.257 e. The summed E-state index contributed by atoms with van der Waals surface area (Å²) in [7, 11) is 3.08. The summed E-state index contributed by atoms with van der Waals surface area (Å²) >= 11 is 1.33. The average Bonchev–Trinajstić information content (AvgIpc) is 3.16. The van der Waals surface area contributed by atoms with Crippen molar-refractivity contribution in [3.63, 3.8) is 0 Å². The van der Waals surface area contributed by atoms with Crippen LogP contribution in [-0.2, 0) is 0 Å². The molecule has 0 saturated carbocycles. The third-order valence-electron chi connectivity index (χ3n) is 4.08. The van der Waals surface area contributed by atoms with Crippen LogP contribution in [-0.4, -0.2) is 30.3 Å². The molecular weight excluding hydrogens is 362 g/mol. The molecule has 1 aromatic heterocycles. The lowest BCUT2D eigenvalue weighted by Crippen LogP contribution is -2.12. The van der Waals surface area contributed by atoms with Gasteiger partial charge in [0.15, 0.2) is 0 Å². The monoisotopic (exact) mass is 383 g/mol. The number of hydrogen-bond donors (Lipinski definition) is 1. The summed E-state index contributed by atoms with van der Waals surface area (Å²) in [6.07, 6.45) is 0. The van der Waals surface area contributed by atoms with E-state index in [1.165, 1.54) is 31.1 Å². The highest BCUT2D eigenvalue weighted by atomic mass is 32.1. The summed E-state index contributed by atoms with van der Waals surface area (Å²) in [6.45, 7) is 4.31. The van der Waals surface area contributed by atoms with Gasteiger partial charge in [-0.05, 0) is 23.6 Å². The molecule has 27 heavy (non-hydrogen) atoms. The molecule has 3 aromatic rings. The Kier molecular flexibility index (Phi) is 5.71. The Balaban J connectivity index is 1.76. The lowest BCUT2D eigenvalue weighted by molar-refractivity contribution is 0.102. The van der Waals surface area contributed by atoms with Gasteiger partial charge in [-0.3, -0.25) is 10.1 Å². The SMILES string of the molecule is COc1cc(OC)cc(C(=O)Nc2nnc(-c3ccc(C(C)C)cc3)s2)c1. The van der Waals surface area contributed by atoms with Crippen LogP contribution in [0.15, 0.2) is 42.5 Å². The highest BCUT2D eigenvalue weighted by molar-refractivity contribution is 7.18. The number of ether oxygens (including phenoxy) is 2. The Morgan fingerprint density at radius 2 is 1.63 bits per heavy atom. The average molecular weight is 383 g/mol. The fraction of sp³-hybridized carbons (Fsp3) is 0.250. The molecule has 0 aliphatic heterocycles. The van der Waals surface area contributed by atoms with Crippen molar-refractivity contribution in [2.45, 2.75) is 19.8 Å². The number of aromatic nitrogens is 2. The lowest BCUT2D eigenvalue weighted by Gasteiger charge is -2.07. The zero-order valence-corrected chi connectivity index (χ0v) is 16.5. The van der Waals surface area contributed by atoms with E-state index >= 15 is 0 Å². The third kappa shape index (κ3) is 4.43. The van der Waals surface area contributed by atoms with Crippen LogP contribution in [0, 0.1) is 0 Å². The molecule has 0 fully saturated rings. The van der Waals surface area contributed by atoms with Gasteiger partial charge in [-0.1, -0.05) is 49.4 Å². The van der Waals surface area contributed by atoms with E-state index in [9.17, 15) is 4.79 Å². The zero-order valence-electron chi connectivity index (χ0n) is 15.6. The van der Waals surface area contributed by atoms with Gasteiger partial charge in [-0.25, -0.2) is 0 Å². The van der Waals surface area contributed by atoms with Gasteiger partial charge in [0.2, 0.25) is 5.13 Å². The maximum atomic E-state index is 12.5. The predicted molar refractivity (Wildman–Crippen MR) is 107 cm³/mol. The van der Waals surface area contributed by atoms with Crippen LogP contribution in [0.25, 0.3) is 10.6 Å². The molecule has 1 heterocycles. The van der Waals surface area contributed by atoms with E-state index in [1.54, 1.807) is 18.2 Å². The first-order valence-corrected chi connectivity index (χ1v) is 9.30. The van der Waals surface area contributed by atoms with Gasteiger partial charge in [0.1, 0.15) is 16.5 Å². The largest absolute Gasteiger partial charge is 0.497 e. The number of methoxy groups -OCH3 is 2. The molecule has 1 amide bonds. The Morgan fingerprint density at radius 1 is 1.00 bits per heavy atom. The van der Waals surface area contributed by atoms with E-state index in [0.717, 1.165) is 10.6 Å². The third-order valence-corrected chi connectivity index (χ3v) is 4.97. The predicted octanol–water partition coefficient (Wildman–Crippen LogP) is 4.60. The van der Waals surface area contributed by atoms with Crippen molar-refractivity contribution in [2.24, 2.45) is 0 Å². The van der Waals surface area contributed by atoms with Crippen LogP contribution in [0.5, 0.6) is 11.5 Å². The van der Waals surface area contributed by atoms with Gasteiger partial charge >= 0.3 is 0 Å². The first kappa shape index (κ1) is 18.8. The molecule has 2 aromatic carbocycles. The second-order valence-electron chi connectivity index (χ2n) is 6.24. The van der Waals surface area contributed by atoms with Crippen molar-refractivity contribution in [3.8, 4) is 22.1 Å². The lowest BCUT2D eigenvalue weighted by atomic mass is 10.0. The fourth-order valence-corrected chi connectivity index (χ4v) is 3.25. The van der Waals surface area contributed by atoms with E-state index in [1.807, 2.05) is 12.1 Å².